The molecule has 7 rings (SSSR count). The molecule has 1 saturated carbocycles. The van der Waals surface area contributed by atoms with Gasteiger partial charge in [-0.1, -0.05) is 60.5 Å². The number of aliphatic hydroxyl groups excluding tert-OH is 3. The van der Waals surface area contributed by atoms with Gasteiger partial charge < -0.3 is 53.3 Å². The summed E-state index contributed by atoms with van der Waals surface area (Å²) in [6, 6.07) is 23.7. The van der Waals surface area contributed by atoms with Crippen LogP contribution in [0.25, 0.3) is 0 Å². The maximum Gasteiger partial charge on any atom is 0.417 e. The number of hydrogen-bond donors (Lipinski definition) is 4. The molecule has 0 aromatic heterocycles. The number of fused-ring (bicyclic) bond motifs is 2. The number of allylic oxidation sites excluding steroid dienone is 1. The highest BCUT2D eigenvalue weighted by Gasteiger charge is 2.65. The molecule has 6 unspecified atom stereocenters. The summed E-state index contributed by atoms with van der Waals surface area (Å²) in [6.45, 7) is 3.66. The van der Waals surface area contributed by atoms with E-state index in [1.807, 2.05) is 30.3 Å². The highest BCUT2D eigenvalue weighted by molar-refractivity contribution is 6.03. The topological polar surface area (TPSA) is 239 Å². The van der Waals surface area contributed by atoms with Gasteiger partial charge in [-0.25, -0.2) is 9.59 Å². The quantitative estimate of drug-likeness (QED) is 0.0199. The Kier molecular flexibility index (Phi) is 19.2. The van der Waals surface area contributed by atoms with Crippen LogP contribution in [-0.2, 0) is 20.9 Å². The smallest absolute Gasteiger partial charge is 0.417 e. The number of benzene rings is 4. The van der Waals surface area contributed by atoms with Gasteiger partial charge in [-0.15, -0.1) is 6.58 Å². The van der Waals surface area contributed by atoms with Crippen molar-refractivity contribution in [3.63, 3.8) is 0 Å². The van der Waals surface area contributed by atoms with Crippen molar-refractivity contribution in [1.29, 1.82) is 0 Å². The Morgan fingerprint density at radius 2 is 1.63 bits per heavy atom. The van der Waals surface area contributed by atoms with Gasteiger partial charge in [0.1, 0.15) is 41.4 Å². The summed E-state index contributed by atoms with van der Waals surface area (Å²) in [6.07, 6.45) is 5.95. The molecule has 6 atom stereocenters. The number of unbranched alkanes of at least 4 members (excludes halogenated alkanes) is 2. The van der Waals surface area contributed by atoms with Gasteiger partial charge in [0.2, 0.25) is 5.79 Å². The van der Waals surface area contributed by atoms with Gasteiger partial charge in [-0.05, 0) is 91.1 Å². The molecule has 4 aromatic rings. The van der Waals surface area contributed by atoms with E-state index in [4.69, 9.17) is 43.2 Å². The number of carbonyl (C=O) groups is 2. The average molecular weight is 1010 g/mol. The number of rotatable bonds is 26. The van der Waals surface area contributed by atoms with Gasteiger partial charge in [0.05, 0.1) is 62.9 Å². The average Bonchev–Trinajstić information content (AvgIpc) is 3.40. The van der Waals surface area contributed by atoms with Crippen LogP contribution in [0.5, 0.6) is 28.7 Å². The van der Waals surface area contributed by atoms with E-state index in [0.29, 0.717) is 72.7 Å². The van der Waals surface area contributed by atoms with E-state index in [1.54, 1.807) is 42.5 Å². The number of aliphatic hydroxyl groups is 3. The third kappa shape index (κ3) is 13.0. The van der Waals surface area contributed by atoms with Crippen molar-refractivity contribution in [2.45, 2.75) is 69.3 Å². The fourth-order valence-corrected chi connectivity index (χ4v) is 10.1. The molecular formula is C54H64N4O15. The maximum atomic E-state index is 14.9. The van der Waals surface area contributed by atoms with Crippen LogP contribution in [0.15, 0.2) is 120 Å². The van der Waals surface area contributed by atoms with Gasteiger partial charge in [-0.3, -0.25) is 20.3 Å². The van der Waals surface area contributed by atoms with Crippen LogP contribution in [-0.4, -0.2) is 115 Å². The molecule has 1 fully saturated rings. The number of methoxy groups -OCH3 is 2. The van der Waals surface area contributed by atoms with Gasteiger partial charge in [0, 0.05) is 55.9 Å². The molecule has 4 aromatic carbocycles. The Morgan fingerprint density at radius 3 is 2.33 bits per heavy atom. The molecule has 1 aliphatic heterocycles. The maximum absolute atomic E-state index is 14.9. The van der Waals surface area contributed by atoms with Crippen LogP contribution in [0.3, 0.4) is 0 Å². The van der Waals surface area contributed by atoms with E-state index in [1.165, 1.54) is 43.4 Å². The summed E-state index contributed by atoms with van der Waals surface area (Å²) in [5, 5.41) is 48.9. The first-order valence-electron chi connectivity index (χ1n) is 24.4. The monoisotopic (exact) mass is 1010 g/mol. The molecule has 0 bridgehead atoms. The summed E-state index contributed by atoms with van der Waals surface area (Å²) < 4.78 is 42.9. The Bertz CT molecular complexity index is 2560. The van der Waals surface area contributed by atoms with Crippen LogP contribution in [0.1, 0.15) is 62.0 Å². The molecule has 1 heterocycles. The van der Waals surface area contributed by atoms with E-state index in [2.05, 4.69) is 18.0 Å². The molecule has 73 heavy (non-hydrogen) atoms. The van der Waals surface area contributed by atoms with Gasteiger partial charge in [-0.2, -0.15) is 0 Å². The minimum Gasteiger partial charge on any atom is -0.497 e. The van der Waals surface area contributed by atoms with Crippen LogP contribution < -0.4 is 29.0 Å². The molecule has 3 aliphatic rings. The highest BCUT2D eigenvalue weighted by atomic mass is 16.7. The fraction of sp³-hybridized carbons (Fsp3) is 0.426. The number of nitro groups is 1. The standard InChI is InChI=1S/C54H64N4O15/c1-4-28-69-54-49(57(24-29-68-30-27-61)53(63)72-39-18-16-38(17-19-39)58(64)65)34-46(56-70-35-36-12-6-5-7-13-36)43-31-37(14-8-10-25-59)42(15-9-11-26-60)50(51(43)54)44-32-41(21-23-47(44)73-54)71-52(62)55-45-22-20-40(66-2)33-48(45)67-3/h4-7,12-13,16-23,31-33,37,42,49-51,59-61H,1,8-11,14-15,24-30,34-35H2,2-3H3,(H,55,62). The molecule has 0 saturated heterocycles. The number of oxime groups is 1. The van der Waals surface area contributed by atoms with E-state index in [-0.39, 0.29) is 88.2 Å². The zero-order valence-corrected chi connectivity index (χ0v) is 41.1. The van der Waals surface area contributed by atoms with Crippen molar-refractivity contribution >= 4 is 29.3 Å². The zero-order valence-electron chi connectivity index (χ0n) is 41.1. The minimum absolute atomic E-state index is 0.0143. The lowest BCUT2D eigenvalue weighted by molar-refractivity contribution is -0.384. The van der Waals surface area contributed by atoms with Crippen LogP contribution in [0.2, 0.25) is 0 Å². The number of carbonyl (C=O) groups excluding carboxylic acids is 2. The number of hydrogen-bond acceptors (Lipinski definition) is 16. The number of amides is 2. The second-order valence-electron chi connectivity index (χ2n) is 17.8. The highest BCUT2D eigenvalue weighted by Crippen LogP contribution is 2.62. The zero-order chi connectivity index (χ0) is 51.7. The van der Waals surface area contributed by atoms with Crippen LogP contribution in [0.4, 0.5) is 21.0 Å². The Morgan fingerprint density at radius 1 is 0.890 bits per heavy atom. The molecule has 2 amide bonds. The third-order valence-electron chi connectivity index (χ3n) is 13.3. The molecule has 0 radical (unpaired) electrons. The van der Waals surface area contributed by atoms with Crippen LogP contribution in [0, 0.1) is 27.9 Å². The van der Waals surface area contributed by atoms with E-state index < -0.39 is 40.8 Å². The number of nitrogens with zero attached hydrogens (tertiary/aromatic N) is 3. The minimum atomic E-state index is -1.71. The summed E-state index contributed by atoms with van der Waals surface area (Å²) in [7, 11) is 3.00. The van der Waals surface area contributed by atoms with Gasteiger partial charge >= 0.3 is 12.2 Å². The molecule has 2 aliphatic carbocycles. The summed E-state index contributed by atoms with van der Waals surface area (Å²) >= 11 is 0. The SMILES string of the molecule is C=CCOC12Oc3ccc(OC(=O)Nc4ccc(OC)cc4OC)cc3C3C(CCCCO)C(CCCCO)C=C(C(=NOCc4ccccc4)CC1N(CCOCCO)C(=O)Oc1ccc([N+](=O)[O-])cc1)C32. The third-order valence-corrected chi connectivity index (χ3v) is 13.3. The van der Waals surface area contributed by atoms with E-state index >= 15 is 0 Å². The number of nitrogens with one attached hydrogen (secondary N) is 1. The lowest BCUT2D eigenvalue weighted by Crippen LogP contribution is -2.70. The largest absolute Gasteiger partial charge is 0.497 e. The second kappa shape index (κ2) is 26.1. The Balaban J connectivity index is 1.40. The van der Waals surface area contributed by atoms with Gasteiger partial charge in [0.15, 0.2) is 0 Å². The van der Waals surface area contributed by atoms with E-state index in [0.717, 1.165) is 11.1 Å². The first-order chi connectivity index (χ1) is 35.6. The lowest BCUT2D eigenvalue weighted by atomic mass is 9.55. The fourth-order valence-electron chi connectivity index (χ4n) is 10.1. The van der Waals surface area contributed by atoms with Crippen molar-refractivity contribution < 1.29 is 67.8 Å². The molecule has 19 heteroatoms. The molecule has 0 spiro atoms. The summed E-state index contributed by atoms with van der Waals surface area (Å²) in [5.41, 5.74) is 2.98. The summed E-state index contributed by atoms with van der Waals surface area (Å²) in [5.74, 6) is -1.69. The summed E-state index contributed by atoms with van der Waals surface area (Å²) in [4.78, 5) is 47.2. The second-order valence-corrected chi connectivity index (χ2v) is 17.8. The Hall–Kier alpha value is -7.03. The van der Waals surface area contributed by atoms with Gasteiger partial charge in [0.25, 0.3) is 5.69 Å². The normalized spacial score (nSPS) is 21.1. The predicted octanol–water partition coefficient (Wildman–Crippen LogP) is 8.57. The Labute approximate surface area is 424 Å². The molecular weight excluding hydrogens is 945 g/mol. The number of anilines is 1. The van der Waals surface area contributed by atoms with Crippen molar-refractivity contribution in [3.05, 3.63) is 137 Å². The van der Waals surface area contributed by atoms with Crippen LogP contribution >= 0.6 is 0 Å². The molecule has 4 N–H and O–H groups in total. The molecule has 19 nitrogen and oxygen atoms in total. The molecule has 390 valence electrons. The first-order valence-corrected chi connectivity index (χ1v) is 24.4. The van der Waals surface area contributed by atoms with Crippen molar-refractivity contribution in [2.24, 2.45) is 22.9 Å². The number of nitro benzene ring substituents is 1. The van der Waals surface area contributed by atoms with Crippen molar-refractivity contribution in [1.82, 2.24) is 4.90 Å². The first kappa shape index (κ1) is 53.8. The van der Waals surface area contributed by atoms with Crippen molar-refractivity contribution in [3.8, 4) is 28.7 Å². The van der Waals surface area contributed by atoms with E-state index in [9.17, 15) is 35.0 Å². The lowest BCUT2D eigenvalue weighted by Gasteiger charge is -2.59. The van der Waals surface area contributed by atoms with Crippen molar-refractivity contribution in [2.75, 3.05) is 65.7 Å². The number of ether oxygens (including phenoxy) is 7. The predicted molar refractivity (Wildman–Crippen MR) is 269 cm³/mol. The number of non-ortho nitro benzene ring substituents is 1.